The van der Waals surface area contributed by atoms with E-state index in [9.17, 15) is 0 Å². The van der Waals surface area contributed by atoms with Gasteiger partial charge in [0.1, 0.15) is 0 Å². The second kappa shape index (κ2) is 5.45. The predicted octanol–water partition coefficient (Wildman–Crippen LogP) is 3.55. The average molecular weight is 247 g/mol. The van der Waals surface area contributed by atoms with Gasteiger partial charge in [0.25, 0.3) is 0 Å². The molecule has 2 heteroatoms. The minimum atomic E-state index is 0.612. The van der Waals surface area contributed by atoms with E-state index in [2.05, 4.69) is 41.3 Å². The van der Waals surface area contributed by atoms with Crippen LogP contribution in [-0.2, 0) is 6.42 Å². The van der Waals surface area contributed by atoms with Crippen LogP contribution < -0.4 is 5.32 Å². The summed E-state index contributed by atoms with van der Waals surface area (Å²) in [4.78, 5) is 0. The number of hydrogen-bond acceptors (Lipinski definition) is 2. The van der Waals surface area contributed by atoms with Crippen LogP contribution in [0, 0.1) is 0 Å². The minimum Gasteiger partial charge on any atom is -0.309 e. The van der Waals surface area contributed by atoms with E-state index in [4.69, 9.17) is 0 Å². The van der Waals surface area contributed by atoms with E-state index in [1.807, 2.05) is 0 Å². The lowest BCUT2D eigenvalue weighted by Gasteiger charge is -2.27. The number of rotatable bonds is 3. The van der Waals surface area contributed by atoms with Gasteiger partial charge in [-0.3, -0.25) is 0 Å². The number of hydrogen-bond donors (Lipinski definition) is 1. The van der Waals surface area contributed by atoms with Gasteiger partial charge in [-0.25, -0.2) is 0 Å². The molecular weight excluding hydrogens is 226 g/mol. The van der Waals surface area contributed by atoms with Crippen molar-refractivity contribution in [2.75, 3.05) is 12.3 Å². The molecule has 0 bridgehead atoms. The first-order chi connectivity index (χ1) is 8.43. The van der Waals surface area contributed by atoms with E-state index >= 15 is 0 Å². The van der Waals surface area contributed by atoms with E-state index in [1.54, 1.807) is 11.1 Å². The second-order valence-corrected chi connectivity index (χ2v) is 6.60. The molecule has 1 nitrogen and oxygen atoms in total. The van der Waals surface area contributed by atoms with E-state index < -0.39 is 0 Å². The molecule has 1 saturated heterocycles. The van der Waals surface area contributed by atoms with Gasteiger partial charge in [0.05, 0.1) is 0 Å². The molecule has 0 aromatic heterocycles. The van der Waals surface area contributed by atoms with Crippen LogP contribution in [-0.4, -0.2) is 17.5 Å². The Morgan fingerprint density at radius 3 is 3.00 bits per heavy atom. The van der Waals surface area contributed by atoms with Crippen LogP contribution in [0.4, 0.5) is 0 Å². The second-order valence-electron chi connectivity index (χ2n) is 5.19. The van der Waals surface area contributed by atoms with E-state index in [-0.39, 0.29) is 0 Å². The third-order valence-electron chi connectivity index (χ3n) is 3.99. The molecule has 0 radical (unpaired) electrons. The number of thioether (sulfide) groups is 1. The van der Waals surface area contributed by atoms with E-state index in [0.29, 0.717) is 6.04 Å². The van der Waals surface area contributed by atoms with Crippen LogP contribution in [0.15, 0.2) is 24.3 Å². The van der Waals surface area contributed by atoms with Gasteiger partial charge in [-0.1, -0.05) is 24.3 Å². The summed E-state index contributed by atoms with van der Waals surface area (Å²) in [7, 11) is 0. The van der Waals surface area contributed by atoms with Crippen LogP contribution >= 0.6 is 11.8 Å². The van der Waals surface area contributed by atoms with Gasteiger partial charge in [0.2, 0.25) is 0 Å². The number of benzene rings is 1. The zero-order valence-electron chi connectivity index (χ0n) is 10.3. The number of aryl methyl sites for hydroxylation is 1. The van der Waals surface area contributed by atoms with Crippen molar-refractivity contribution in [1.82, 2.24) is 5.32 Å². The molecule has 17 heavy (non-hydrogen) atoms. The molecule has 1 aromatic rings. The quantitative estimate of drug-likeness (QED) is 0.876. The third kappa shape index (κ3) is 2.69. The van der Waals surface area contributed by atoms with Crippen molar-refractivity contribution in [2.45, 2.75) is 43.4 Å². The Bertz CT molecular complexity index is 371. The summed E-state index contributed by atoms with van der Waals surface area (Å²) in [5.74, 6) is 1.37. The van der Waals surface area contributed by atoms with Crippen LogP contribution in [0.3, 0.4) is 0 Å². The molecule has 0 spiro atoms. The van der Waals surface area contributed by atoms with Gasteiger partial charge in [0, 0.05) is 17.8 Å². The van der Waals surface area contributed by atoms with Crippen molar-refractivity contribution in [3.8, 4) is 0 Å². The zero-order chi connectivity index (χ0) is 11.5. The summed E-state index contributed by atoms with van der Waals surface area (Å²) in [5, 5.41) is 4.66. The summed E-state index contributed by atoms with van der Waals surface area (Å²) >= 11 is 2.15. The maximum Gasteiger partial charge on any atom is 0.0323 e. The normalized spacial score (nSPS) is 28.0. The topological polar surface area (TPSA) is 12.0 Å². The first-order valence-electron chi connectivity index (χ1n) is 6.86. The Labute approximate surface area is 108 Å². The molecule has 1 heterocycles. The zero-order valence-corrected chi connectivity index (χ0v) is 11.1. The summed E-state index contributed by atoms with van der Waals surface area (Å²) < 4.78 is 0. The predicted molar refractivity (Wildman–Crippen MR) is 75.6 cm³/mol. The summed E-state index contributed by atoms with van der Waals surface area (Å²) in [6.07, 6.45) is 6.75. The van der Waals surface area contributed by atoms with Crippen molar-refractivity contribution in [2.24, 2.45) is 0 Å². The van der Waals surface area contributed by atoms with Crippen LogP contribution in [0.1, 0.15) is 42.9 Å². The van der Waals surface area contributed by atoms with E-state index in [1.165, 1.54) is 44.4 Å². The Hall–Kier alpha value is -0.470. The lowest BCUT2D eigenvalue weighted by molar-refractivity contribution is 0.457. The van der Waals surface area contributed by atoms with Gasteiger partial charge < -0.3 is 5.32 Å². The van der Waals surface area contributed by atoms with Crippen LogP contribution in [0.25, 0.3) is 0 Å². The molecule has 1 fully saturated rings. The Kier molecular flexibility index (Phi) is 3.72. The molecule has 0 amide bonds. The van der Waals surface area contributed by atoms with Crippen LogP contribution in [0.2, 0.25) is 0 Å². The molecule has 1 aliphatic carbocycles. The van der Waals surface area contributed by atoms with Crippen molar-refractivity contribution in [1.29, 1.82) is 0 Å². The highest BCUT2D eigenvalue weighted by atomic mass is 32.2. The lowest BCUT2D eigenvalue weighted by atomic mass is 9.88. The fourth-order valence-corrected chi connectivity index (χ4v) is 4.26. The highest BCUT2D eigenvalue weighted by Gasteiger charge is 2.21. The Morgan fingerprint density at radius 2 is 2.12 bits per heavy atom. The molecule has 1 aromatic carbocycles. The smallest absolute Gasteiger partial charge is 0.0323 e. The standard InChI is InChI=1S/C15H21NS/c1-2-8-14-12(5-1)6-3-9-15(14)16-11-13-7-4-10-17-13/h1-2,5,8,13,15-16H,3-4,6-7,9-11H2. The summed E-state index contributed by atoms with van der Waals surface area (Å²) in [6, 6.07) is 9.58. The first-order valence-corrected chi connectivity index (χ1v) is 7.91. The maximum atomic E-state index is 3.80. The molecule has 2 aliphatic rings. The Balaban J connectivity index is 1.64. The van der Waals surface area contributed by atoms with Crippen molar-refractivity contribution in [3.63, 3.8) is 0 Å². The SMILES string of the molecule is c1ccc2c(c1)CCCC2NCC1CCCS1. The molecule has 92 valence electrons. The molecule has 2 atom stereocenters. The van der Waals surface area contributed by atoms with Crippen molar-refractivity contribution >= 4 is 11.8 Å². The average Bonchev–Trinajstić information content (AvgIpc) is 2.89. The van der Waals surface area contributed by atoms with Gasteiger partial charge in [-0.15, -0.1) is 0 Å². The molecule has 0 saturated carbocycles. The van der Waals surface area contributed by atoms with Gasteiger partial charge in [-0.05, 0) is 49.0 Å². The molecule has 1 aliphatic heterocycles. The van der Waals surface area contributed by atoms with Gasteiger partial charge in [0.15, 0.2) is 0 Å². The number of fused-ring (bicyclic) bond motifs is 1. The summed E-state index contributed by atoms with van der Waals surface area (Å²) in [6.45, 7) is 1.20. The molecule has 1 N–H and O–H groups in total. The third-order valence-corrected chi connectivity index (χ3v) is 5.38. The summed E-state index contributed by atoms with van der Waals surface area (Å²) in [5.41, 5.74) is 3.12. The monoisotopic (exact) mass is 247 g/mol. The molecule has 3 rings (SSSR count). The largest absolute Gasteiger partial charge is 0.309 e. The van der Waals surface area contributed by atoms with Crippen molar-refractivity contribution < 1.29 is 0 Å². The molecule has 2 unspecified atom stereocenters. The Morgan fingerprint density at radius 1 is 1.18 bits per heavy atom. The maximum absolute atomic E-state index is 3.80. The fraction of sp³-hybridized carbons (Fsp3) is 0.600. The van der Waals surface area contributed by atoms with Crippen molar-refractivity contribution in [3.05, 3.63) is 35.4 Å². The highest BCUT2D eigenvalue weighted by molar-refractivity contribution is 8.00. The van der Waals surface area contributed by atoms with Crippen LogP contribution in [0.5, 0.6) is 0 Å². The minimum absolute atomic E-state index is 0.612. The van der Waals surface area contributed by atoms with Gasteiger partial charge >= 0.3 is 0 Å². The highest BCUT2D eigenvalue weighted by Crippen LogP contribution is 2.31. The van der Waals surface area contributed by atoms with Gasteiger partial charge in [-0.2, -0.15) is 11.8 Å². The fourth-order valence-electron chi connectivity index (χ4n) is 3.05. The lowest BCUT2D eigenvalue weighted by Crippen LogP contribution is -2.30. The number of nitrogens with one attached hydrogen (secondary N) is 1. The first kappa shape index (κ1) is 11.6. The van der Waals surface area contributed by atoms with E-state index in [0.717, 1.165) is 5.25 Å². The molecular formula is C15H21NS.